The summed E-state index contributed by atoms with van der Waals surface area (Å²) in [5.74, 6) is -1.22. The lowest BCUT2D eigenvalue weighted by molar-refractivity contribution is -0.139. The standard InChI is InChI=1S/C27H28N2O5/c30-23(31)13-21(24(32)28-14-22-26(9-10-26)27(22)11-12-27)29-25(33)34-15-20-18-7-3-1-5-16(18)17-6-2-4-8-19(17)20/h1-8,20-22H,9-15H2,(H,28,32)(H,29,33)(H,30,31). The minimum Gasteiger partial charge on any atom is -0.481 e. The maximum Gasteiger partial charge on any atom is 0.407 e. The van der Waals surface area contributed by atoms with Gasteiger partial charge in [0, 0.05) is 12.5 Å². The second kappa shape index (κ2) is 7.58. The van der Waals surface area contributed by atoms with Crippen LogP contribution in [0.1, 0.15) is 49.1 Å². The molecular formula is C27H28N2O5. The van der Waals surface area contributed by atoms with Crippen LogP contribution in [-0.2, 0) is 14.3 Å². The van der Waals surface area contributed by atoms with Gasteiger partial charge in [0.1, 0.15) is 12.6 Å². The summed E-state index contributed by atoms with van der Waals surface area (Å²) < 4.78 is 5.50. The number of nitrogens with one attached hydrogen (secondary N) is 2. The molecule has 4 aliphatic rings. The highest BCUT2D eigenvalue weighted by atomic mass is 16.5. The van der Waals surface area contributed by atoms with Crippen LogP contribution >= 0.6 is 0 Å². The average molecular weight is 461 g/mol. The van der Waals surface area contributed by atoms with Gasteiger partial charge in [-0.3, -0.25) is 9.59 Å². The Morgan fingerprint density at radius 2 is 1.50 bits per heavy atom. The number of hydrogen-bond acceptors (Lipinski definition) is 4. The number of amides is 2. The summed E-state index contributed by atoms with van der Waals surface area (Å²) >= 11 is 0. The van der Waals surface area contributed by atoms with Gasteiger partial charge < -0.3 is 20.5 Å². The first-order chi connectivity index (χ1) is 16.4. The number of rotatable bonds is 8. The third-order valence-corrected chi connectivity index (χ3v) is 8.63. The van der Waals surface area contributed by atoms with Crippen LogP contribution < -0.4 is 10.6 Å². The van der Waals surface area contributed by atoms with Gasteiger partial charge in [-0.25, -0.2) is 4.79 Å². The van der Waals surface area contributed by atoms with Crippen LogP contribution in [0, 0.1) is 16.7 Å². The van der Waals surface area contributed by atoms with Gasteiger partial charge in [0.15, 0.2) is 0 Å². The van der Waals surface area contributed by atoms with Crippen LogP contribution in [0.2, 0.25) is 0 Å². The predicted octanol–water partition coefficient (Wildman–Crippen LogP) is 3.67. The van der Waals surface area contributed by atoms with E-state index >= 15 is 0 Å². The van der Waals surface area contributed by atoms with Gasteiger partial charge in [-0.2, -0.15) is 0 Å². The molecule has 2 spiro atoms. The van der Waals surface area contributed by atoms with Crippen molar-refractivity contribution in [2.75, 3.05) is 13.2 Å². The third kappa shape index (κ3) is 3.29. The van der Waals surface area contributed by atoms with Crippen LogP contribution in [0.3, 0.4) is 0 Å². The van der Waals surface area contributed by atoms with E-state index < -0.39 is 30.4 Å². The van der Waals surface area contributed by atoms with Crippen LogP contribution in [0.15, 0.2) is 48.5 Å². The molecule has 3 fully saturated rings. The third-order valence-electron chi connectivity index (χ3n) is 8.63. The van der Waals surface area contributed by atoms with Gasteiger partial charge >= 0.3 is 12.1 Å². The minimum atomic E-state index is -1.17. The molecule has 2 amide bonds. The Morgan fingerprint density at radius 1 is 0.941 bits per heavy atom. The summed E-state index contributed by atoms with van der Waals surface area (Å²) in [6.45, 7) is 0.662. The Balaban J connectivity index is 1.07. The Bertz CT molecular complexity index is 1120. The molecule has 0 bridgehead atoms. The molecule has 0 aromatic heterocycles. The molecule has 0 saturated heterocycles. The van der Waals surface area contributed by atoms with Crippen LogP contribution in [0.4, 0.5) is 4.79 Å². The lowest BCUT2D eigenvalue weighted by atomic mass is 9.98. The Labute approximate surface area is 197 Å². The van der Waals surface area contributed by atoms with E-state index in [9.17, 15) is 19.5 Å². The first-order valence-corrected chi connectivity index (χ1v) is 12.1. The van der Waals surface area contributed by atoms with Crippen molar-refractivity contribution in [1.82, 2.24) is 10.6 Å². The number of carboxylic acids is 1. The first-order valence-electron chi connectivity index (χ1n) is 12.1. The molecule has 4 aliphatic carbocycles. The molecule has 6 rings (SSSR count). The largest absolute Gasteiger partial charge is 0.481 e. The van der Waals surface area contributed by atoms with Crippen molar-refractivity contribution >= 4 is 18.0 Å². The van der Waals surface area contributed by atoms with Gasteiger partial charge in [0.2, 0.25) is 5.91 Å². The molecule has 0 heterocycles. The van der Waals surface area contributed by atoms with E-state index in [1.165, 1.54) is 25.7 Å². The van der Waals surface area contributed by atoms with E-state index in [-0.39, 0.29) is 12.5 Å². The van der Waals surface area contributed by atoms with Crippen molar-refractivity contribution < 1.29 is 24.2 Å². The number of ether oxygens (including phenoxy) is 1. The molecule has 2 aromatic carbocycles. The summed E-state index contributed by atoms with van der Waals surface area (Å²) in [6.07, 6.45) is 3.69. The van der Waals surface area contributed by atoms with E-state index in [1.54, 1.807) is 0 Å². The van der Waals surface area contributed by atoms with E-state index in [1.807, 2.05) is 36.4 Å². The zero-order valence-corrected chi connectivity index (χ0v) is 18.9. The second-order valence-corrected chi connectivity index (χ2v) is 10.2. The van der Waals surface area contributed by atoms with Crippen molar-refractivity contribution in [1.29, 1.82) is 0 Å². The van der Waals surface area contributed by atoms with E-state index in [4.69, 9.17) is 4.74 Å². The normalized spacial score (nSPS) is 20.8. The minimum absolute atomic E-state index is 0.106. The number of carbonyl (C=O) groups is 3. The van der Waals surface area contributed by atoms with Gasteiger partial charge in [-0.15, -0.1) is 0 Å². The fourth-order valence-electron chi connectivity index (χ4n) is 6.69. The van der Waals surface area contributed by atoms with Gasteiger partial charge in [-0.1, -0.05) is 48.5 Å². The number of alkyl carbamates (subject to hydrolysis) is 1. The summed E-state index contributed by atoms with van der Waals surface area (Å²) in [5.41, 5.74) is 5.31. The highest BCUT2D eigenvalue weighted by Crippen LogP contribution is 2.92. The summed E-state index contributed by atoms with van der Waals surface area (Å²) in [6, 6.07) is 14.9. The molecule has 0 radical (unpaired) electrons. The fraction of sp³-hybridized carbons (Fsp3) is 0.444. The number of carbonyl (C=O) groups excluding carboxylic acids is 2. The molecule has 3 N–H and O–H groups in total. The SMILES string of the molecule is O=C(O)CC(NC(=O)OCC1c2ccccc2-c2ccccc21)C(=O)NCC1C2(CC2)C12CC2. The summed E-state index contributed by atoms with van der Waals surface area (Å²) in [4.78, 5) is 36.7. The monoisotopic (exact) mass is 460 g/mol. The molecule has 0 aliphatic heterocycles. The highest BCUT2D eigenvalue weighted by Gasteiger charge is 2.85. The molecule has 1 unspecified atom stereocenters. The van der Waals surface area contributed by atoms with Crippen molar-refractivity contribution in [2.24, 2.45) is 16.7 Å². The van der Waals surface area contributed by atoms with Crippen LogP contribution in [0.5, 0.6) is 0 Å². The number of carboxylic acid groups (broad SMARTS) is 1. The maximum atomic E-state index is 12.8. The molecule has 2 aromatic rings. The smallest absolute Gasteiger partial charge is 0.407 e. The molecule has 3 saturated carbocycles. The number of fused-ring (bicyclic) bond motifs is 4. The first kappa shape index (κ1) is 21.2. The fourth-order valence-corrected chi connectivity index (χ4v) is 6.69. The lowest BCUT2D eigenvalue weighted by Crippen LogP contribution is -2.48. The molecular weight excluding hydrogens is 432 g/mol. The van der Waals surface area contributed by atoms with Gasteiger partial charge in [0.05, 0.1) is 6.42 Å². The molecule has 7 heteroatoms. The number of benzene rings is 2. The molecule has 34 heavy (non-hydrogen) atoms. The zero-order chi connectivity index (χ0) is 23.5. The Kier molecular flexibility index (Phi) is 4.73. The van der Waals surface area contributed by atoms with Gasteiger partial charge in [0.25, 0.3) is 0 Å². The summed E-state index contributed by atoms with van der Waals surface area (Å²) in [5, 5.41) is 14.7. The van der Waals surface area contributed by atoms with E-state index in [0.29, 0.717) is 23.3 Å². The van der Waals surface area contributed by atoms with E-state index in [0.717, 1.165) is 22.3 Å². The Morgan fingerprint density at radius 3 is 2.03 bits per heavy atom. The van der Waals surface area contributed by atoms with Crippen molar-refractivity contribution in [3.8, 4) is 11.1 Å². The zero-order valence-electron chi connectivity index (χ0n) is 18.9. The molecule has 176 valence electrons. The van der Waals surface area contributed by atoms with Crippen molar-refractivity contribution in [2.45, 2.75) is 44.1 Å². The number of aliphatic carboxylic acids is 1. The maximum absolute atomic E-state index is 12.8. The molecule has 7 nitrogen and oxygen atoms in total. The number of hydrogen-bond donors (Lipinski definition) is 3. The second-order valence-electron chi connectivity index (χ2n) is 10.2. The van der Waals surface area contributed by atoms with Gasteiger partial charge in [-0.05, 0) is 64.7 Å². The van der Waals surface area contributed by atoms with Crippen molar-refractivity contribution in [3.05, 3.63) is 59.7 Å². The lowest BCUT2D eigenvalue weighted by Gasteiger charge is -2.19. The molecule has 1 atom stereocenters. The highest BCUT2D eigenvalue weighted by molar-refractivity contribution is 5.89. The van der Waals surface area contributed by atoms with Crippen LogP contribution in [-0.4, -0.2) is 42.3 Å². The predicted molar refractivity (Wildman–Crippen MR) is 124 cm³/mol. The average Bonchev–Trinajstić information content (AvgIpc) is 3.77. The quantitative estimate of drug-likeness (QED) is 0.558. The van der Waals surface area contributed by atoms with E-state index in [2.05, 4.69) is 22.8 Å². The van der Waals surface area contributed by atoms with Crippen LogP contribution in [0.25, 0.3) is 11.1 Å². The summed E-state index contributed by atoms with van der Waals surface area (Å²) in [7, 11) is 0. The van der Waals surface area contributed by atoms with Crippen molar-refractivity contribution in [3.63, 3.8) is 0 Å². The topological polar surface area (TPSA) is 105 Å². The Hall–Kier alpha value is -3.35.